The lowest BCUT2D eigenvalue weighted by atomic mass is 10.3. The number of aromatic nitrogens is 1. The number of thiazole rings is 1. The molecule has 1 aromatic carbocycles. The number of benzene rings is 1. The normalized spacial score (nSPS) is 10.2. The van der Waals surface area contributed by atoms with Crippen LogP contribution in [0.15, 0.2) is 23.6 Å². The second-order valence-electron chi connectivity index (χ2n) is 4.61. The van der Waals surface area contributed by atoms with Crippen molar-refractivity contribution in [3.63, 3.8) is 0 Å². The van der Waals surface area contributed by atoms with Gasteiger partial charge in [-0.3, -0.25) is 4.79 Å². The van der Waals surface area contributed by atoms with Crippen LogP contribution in [0.1, 0.15) is 23.8 Å². The summed E-state index contributed by atoms with van der Waals surface area (Å²) < 4.78 is 26.3. The molecule has 8 heteroatoms. The van der Waals surface area contributed by atoms with Crippen LogP contribution < -0.4 is 5.32 Å². The molecule has 0 aliphatic rings. The molecule has 1 aromatic heterocycles. The number of hydrogen-bond donors (Lipinski definition) is 1. The van der Waals surface area contributed by atoms with Crippen LogP contribution >= 0.6 is 11.3 Å². The first-order valence-electron chi connectivity index (χ1n) is 6.88. The summed E-state index contributed by atoms with van der Waals surface area (Å²) in [5.41, 5.74) is 0.446. The second kappa shape index (κ2) is 7.65. The lowest BCUT2D eigenvalue weighted by Gasteiger charge is -2.17. The minimum atomic E-state index is -0.700. The van der Waals surface area contributed by atoms with E-state index in [0.717, 1.165) is 29.5 Å². The van der Waals surface area contributed by atoms with Gasteiger partial charge >= 0.3 is 0 Å². The number of amides is 1. The predicted octanol–water partition coefficient (Wildman–Crippen LogP) is 3.54. The summed E-state index contributed by atoms with van der Waals surface area (Å²) in [6.07, 6.45) is 0.247. The summed E-state index contributed by atoms with van der Waals surface area (Å²) in [5, 5.41) is 13.3. The third kappa shape index (κ3) is 4.47. The molecule has 120 valence electrons. The van der Waals surface area contributed by atoms with E-state index >= 15 is 0 Å². The molecule has 23 heavy (non-hydrogen) atoms. The Hall–Kier alpha value is -2.53. The smallest absolute Gasteiger partial charge is 0.273 e. The summed E-state index contributed by atoms with van der Waals surface area (Å²) in [5.74, 6) is -1.68. The quantitative estimate of drug-likeness (QED) is 0.876. The van der Waals surface area contributed by atoms with E-state index in [4.69, 9.17) is 5.26 Å². The van der Waals surface area contributed by atoms with Gasteiger partial charge in [-0.2, -0.15) is 5.26 Å². The fraction of sp³-hybridized carbons (Fsp3) is 0.267. The largest absolute Gasteiger partial charge is 0.337 e. The summed E-state index contributed by atoms with van der Waals surface area (Å²) in [7, 11) is 0. The summed E-state index contributed by atoms with van der Waals surface area (Å²) in [6, 6.07) is 5.04. The molecule has 0 fully saturated rings. The molecule has 0 aliphatic heterocycles. The Labute approximate surface area is 136 Å². The van der Waals surface area contributed by atoms with Crippen molar-refractivity contribution in [3.05, 3.63) is 40.9 Å². The van der Waals surface area contributed by atoms with Crippen molar-refractivity contribution in [1.29, 1.82) is 5.26 Å². The van der Waals surface area contributed by atoms with Gasteiger partial charge in [-0.1, -0.05) is 0 Å². The van der Waals surface area contributed by atoms with E-state index in [2.05, 4.69) is 10.3 Å². The van der Waals surface area contributed by atoms with Crippen LogP contribution in [0.2, 0.25) is 0 Å². The van der Waals surface area contributed by atoms with Crippen molar-refractivity contribution < 1.29 is 13.6 Å². The van der Waals surface area contributed by atoms with Gasteiger partial charge in [0.1, 0.15) is 17.3 Å². The fourth-order valence-corrected chi connectivity index (χ4v) is 2.63. The number of hydrogen-bond acceptors (Lipinski definition) is 5. The molecule has 0 bridgehead atoms. The van der Waals surface area contributed by atoms with Gasteiger partial charge in [-0.05, 0) is 19.1 Å². The highest BCUT2D eigenvalue weighted by Crippen LogP contribution is 2.23. The maximum atomic E-state index is 13.2. The number of rotatable bonds is 6. The molecule has 0 saturated carbocycles. The van der Waals surface area contributed by atoms with Crippen molar-refractivity contribution in [2.45, 2.75) is 13.3 Å². The molecule has 0 aliphatic carbocycles. The summed E-state index contributed by atoms with van der Waals surface area (Å²) in [6.45, 7) is 2.62. The van der Waals surface area contributed by atoms with Crippen molar-refractivity contribution in [1.82, 2.24) is 9.88 Å². The molecular weight excluding hydrogens is 322 g/mol. The van der Waals surface area contributed by atoms with Crippen molar-refractivity contribution in [2.75, 3.05) is 18.4 Å². The molecule has 0 atom stereocenters. The monoisotopic (exact) mass is 336 g/mol. The molecule has 0 spiro atoms. The van der Waals surface area contributed by atoms with E-state index in [9.17, 15) is 13.6 Å². The Bertz CT molecular complexity index is 721. The Morgan fingerprint density at radius 2 is 2.09 bits per heavy atom. The topological polar surface area (TPSA) is 69.0 Å². The third-order valence-electron chi connectivity index (χ3n) is 3.00. The minimum absolute atomic E-state index is 0.215. The molecule has 2 rings (SSSR count). The Balaban J connectivity index is 2.10. The SMILES string of the molecule is CCN(CCC#N)C(=O)c1csc(Nc2cc(F)cc(F)c2)n1. The number of carbonyl (C=O) groups is 1. The lowest BCUT2D eigenvalue weighted by molar-refractivity contribution is 0.0763. The standard InChI is InChI=1S/C15H14F2N4OS/c1-2-21(5-3-4-18)14(22)13-9-23-15(20-13)19-12-7-10(16)6-11(17)8-12/h6-9H,2-3,5H2,1H3,(H,19,20). The van der Waals surface area contributed by atoms with Crippen LogP contribution in [-0.4, -0.2) is 28.9 Å². The predicted molar refractivity (Wildman–Crippen MR) is 83.6 cm³/mol. The zero-order valence-electron chi connectivity index (χ0n) is 12.3. The summed E-state index contributed by atoms with van der Waals surface area (Å²) >= 11 is 1.16. The van der Waals surface area contributed by atoms with Gasteiger partial charge in [0.25, 0.3) is 5.91 Å². The first-order valence-corrected chi connectivity index (χ1v) is 7.76. The highest BCUT2D eigenvalue weighted by molar-refractivity contribution is 7.14. The molecule has 0 radical (unpaired) electrons. The third-order valence-corrected chi connectivity index (χ3v) is 3.76. The van der Waals surface area contributed by atoms with Crippen LogP contribution in [0.3, 0.4) is 0 Å². The van der Waals surface area contributed by atoms with E-state index in [1.165, 1.54) is 4.90 Å². The van der Waals surface area contributed by atoms with E-state index in [-0.39, 0.29) is 23.7 Å². The molecule has 2 aromatic rings. The Morgan fingerprint density at radius 3 is 2.70 bits per heavy atom. The van der Waals surface area contributed by atoms with Crippen LogP contribution in [0.5, 0.6) is 0 Å². The summed E-state index contributed by atoms with van der Waals surface area (Å²) in [4.78, 5) is 17.9. The highest BCUT2D eigenvalue weighted by Gasteiger charge is 2.17. The van der Waals surface area contributed by atoms with Gasteiger partial charge in [-0.15, -0.1) is 11.3 Å². The van der Waals surface area contributed by atoms with E-state index in [1.54, 1.807) is 5.38 Å². The first kappa shape index (κ1) is 16.8. The van der Waals surface area contributed by atoms with Crippen molar-refractivity contribution in [3.8, 4) is 6.07 Å². The number of nitrogens with one attached hydrogen (secondary N) is 1. The van der Waals surface area contributed by atoms with Crippen LogP contribution in [-0.2, 0) is 0 Å². The number of carbonyl (C=O) groups excluding carboxylic acids is 1. The number of nitrogens with zero attached hydrogens (tertiary/aromatic N) is 3. The van der Waals surface area contributed by atoms with Crippen molar-refractivity contribution >= 4 is 28.1 Å². The van der Waals surface area contributed by atoms with Crippen LogP contribution in [0, 0.1) is 23.0 Å². The van der Waals surface area contributed by atoms with Gasteiger partial charge < -0.3 is 10.2 Å². The zero-order valence-corrected chi connectivity index (χ0v) is 13.2. The number of anilines is 2. The molecule has 1 amide bonds. The molecular formula is C15H14F2N4OS. The van der Waals surface area contributed by atoms with Gasteiger partial charge in [-0.25, -0.2) is 13.8 Å². The van der Waals surface area contributed by atoms with Gasteiger partial charge in [0.15, 0.2) is 5.13 Å². The lowest BCUT2D eigenvalue weighted by Crippen LogP contribution is -2.31. The average Bonchev–Trinajstić information content (AvgIpc) is 2.95. The first-order chi connectivity index (χ1) is 11.0. The Morgan fingerprint density at radius 1 is 1.39 bits per heavy atom. The Kier molecular flexibility index (Phi) is 5.60. The number of halogens is 2. The van der Waals surface area contributed by atoms with Crippen LogP contribution in [0.25, 0.3) is 0 Å². The van der Waals surface area contributed by atoms with Crippen molar-refractivity contribution in [2.24, 2.45) is 0 Å². The average molecular weight is 336 g/mol. The van der Waals surface area contributed by atoms with E-state index < -0.39 is 11.6 Å². The minimum Gasteiger partial charge on any atom is -0.337 e. The van der Waals surface area contributed by atoms with Gasteiger partial charge in [0.05, 0.1) is 12.5 Å². The highest BCUT2D eigenvalue weighted by atomic mass is 32.1. The van der Waals surface area contributed by atoms with Gasteiger partial charge in [0.2, 0.25) is 0 Å². The number of nitriles is 1. The maximum absolute atomic E-state index is 13.2. The maximum Gasteiger partial charge on any atom is 0.273 e. The molecule has 0 unspecified atom stereocenters. The van der Waals surface area contributed by atoms with Crippen LogP contribution in [0.4, 0.5) is 19.6 Å². The fourth-order valence-electron chi connectivity index (χ4n) is 1.93. The van der Waals surface area contributed by atoms with E-state index in [1.807, 2.05) is 13.0 Å². The molecule has 1 N–H and O–H groups in total. The molecule has 5 nitrogen and oxygen atoms in total. The molecule has 1 heterocycles. The zero-order chi connectivity index (χ0) is 16.8. The van der Waals surface area contributed by atoms with Gasteiger partial charge in [0, 0.05) is 30.2 Å². The second-order valence-corrected chi connectivity index (χ2v) is 5.47. The van der Waals surface area contributed by atoms with E-state index in [0.29, 0.717) is 18.2 Å². The molecule has 0 saturated heterocycles.